The van der Waals surface area contributed by atoms with Crippen molar-refractivity contribution in [2.45, 2.75) is 0 Å². The predicted octanol–water partition coefficient (Wildman–Crippen LogP) is 6.76. The number of hydrogen-bond acceptors (Lipinski definition) is 3. The fourth-order valence-electron chi connectivity index (χ4n) is 3.25. The van der Waals surface area contributed by atoms with Gasteiger partial charge in [0.2, 0.25) is 0 Å². The van der Waals surface area contributed by atoms with Crippen molar-refractivity contribution in [3.05, 3.63) is 101 Å². The Balaban J connectivity index is 1.62. The summed E-state index contributed by atoms with van der Waals surface area (Å²) in [5, 5.41) is 9.04. The Bertz CT molecular complexity index is 1290. The minimum Gasteiger partial charge on any atom is -0.356 e. The molecule has 0 unspecified atom stereocenters. The lowest BCUT2D eigenvalue weighted by atomic mass is 10.1. The van der Waals surface area contributed by atoms with Gasteiger partial charge in [-0.2, -0.15) is 5.10 Å². The van der Waals surface area contributed by atoms with Crippen LogP contribution in [0.1, 0.15) is 0 Å². The second-order valence-electron chi connectivity index (χ2n) is 6.76. The molecule has 0 spiro atoms. The molecule has 146 valence electrons. The molecule has 0 aliphatic carbocycles. The van der Waals surface area contributed by atoms with Gasteiger partial charge in [0, 0.05) is 27.9 Å². The highest BCUT2D eigenvalue weighted by Crippen LogP contribution is 2.34. The molecule has 0 saturated carbocycles. The van der Waals surface area contributed by atoms with Crippen molar-refractivity contribution in [1.82, 2.24) is 14.9 Å². The maximum Gasteiger partial charge on any atom is 0.167 e. The van der Waals surface area contributed by atoms with Crippen molar-refractivity contribution < 1.29 is 8.91 Å². The quantitative estimate of drug-likeness (QED) is 0.298. The van der Waals surface area contributed by atoms with Crippen LogP contribution in [0.15, 0.2) is 100 Å². The second kappa shape index (κ2) is 7.72. The number of benzene rings is 3. The van der Waals surface area contributed by atoms with E-state index >= 15 is 0 Å². The molecule has 5 rings (SSSR count). The zero-order valence-electron chi connectivity index (χ0n) is 15.7. The molecule has 0 fully saturated rings. The highest BCUT2D eigenvalue weighted by atomic mass is 79.9. The SMILES string of the molecule is Fc1ccc(-c2nn(-c3ccccc3)cc2-c2cc(-c3ccc(Br)cc3)on2)cc1. The smallest absolute Gasteiger partial charge is 0.167 e. The topological polar surface area (TPSA) is 43.9 Å². The van der Waals surface area contributed by atoms with Crippen molar-refractivity contribution in [2.24, 2.45) is 0 Å². The zero-order chi connectivity index (χ0) is 20.5. The van der Waals surface area contributed by atoms with Gasteiger partial charge < -0.3 is 4.52 Å². The van der Waals surface area contributed by atoms with E-state index in [0.29, 0.717) is 17.1 Å². The summed E-state index contributed by atoms with van der Waals surface area (Å²) in [6.45, 7) is 0. The van der Waals surface area contributed by atoms with E-state index < -0.39 is 0 Å². The average Bonchev–Trinajstić information content (AvgIpc) is 3.43. The fraction of sp³-hybridized carbons (Fsp3) is 0. The monoisotopic (exact) mass is 459 g/mol. The molecule has 0 saturated heterocycles. The molecule has 0 bridgehead atoms. The van der Waals surface area contributed by atoms with Gasteiger partial charge in [-0.15, -0.1) is 0 Å². The molecule has 0 aliphatic rings. The second-order valence-corrected chi connectivity index (χ2v) is 7.68. The molecule has 6 heteroatoms. The number of hydrogen-bond donors (Lipinski definition) is 0. The van der Waals surface area contributed by atoms with Gasteiger partial charge in [0.1, 0.15) is 17.2 Å². The zero-order valence-corrected chi connectivity index (χ0v) is 17.3. The highest BCUT2D eigenvalue weighted by Gasteiger charge is 2.18. The van der Waals surface area contributed by atoms with Crippen LogP contribution in [-0.2, 0) is 0 Å². The Labute approximate surface area is 180 Å². The van der Waals surface area contributed by atoms with Crippen molar-refractivity contribution in [3.63, 3.8) is 0 Å². The lowest BCUT2D eigenvalue weighted by molar-refractivity contribution is 0.435. The van der Waals surface area contributed by atoms with Crippen LogP contribution in [0, 0.1) is 5.82 Å². The molecular formula is C24H15BrFN3O. The Morgan fingerprint density at radius 2 is 1.53 bits per heavy atom. The molecule has 4 nitrogen and oxygen atoms in total. The van der Waals surface area contributed by atoms with Gasteiger partial charge in [-0.1, -0.05) is 51.4 Å². The molecule has 0 amide bonds. The summed E-state index contributed by atoms with van der Waals surface area (Å²) in [4.78, 5) is 0. The third kappa shape index (κ3) is 3.57. The third-order valence-electron chi connectivity index (χ3n) is 4.77. The van der Waals surface area contributed by atoms with Crippen molar-refractivity contribution in [1.29, 1.82) is 0 Å². The Kier molecular flexibility index (Phi) is 4.77. The van der Waals surface area contributed by atoms with Crippen molar-refractivity contribution in [2.75, 3.05) is 0 Å². The van der Waals surface area contributed by atoms with Crippen molar-refractivity contribution >= 4 is 15.9 Å². The van der Waals surface area contributed by atoms with Gasteiger partial charge in [0.05, 0.1) is 11.3 Å². The van der Waals surface area contributed by atoms with Gasteiger partial charge in [0.15, 0.2) is 5.76 Å². The minimum absolute atomic E-state index is 0.290. The standard InChI is InChI=1S/C24H15BrFN3O/c25-18-10-6-16(7-11-18)23-14-22(28-30-23)21-15-29(20-4-2-1-3-5-20)27-24(21)17-8-12-19(26)13-9-17/h1-15H. The number of halogens is 2. The number of nitrogens with zero attached hydrogens (tertiary/aromatic N) is 3. The molecule has 2 aromatic heterocycles. The van der Waals surface area contributed by atoms with Crippen molar-refractivity contribution in [3.8, 4) is 39.5 Å². The summed E-state index contributed by atoms with van der Waals surface area (Å²) in [5.74, 6) is 0.372. The number of para-hydroxylation sites is 1. The first-order chi connectivity index (χ1) is 14.7. The van der Waals surface area contributed by atoms with Crippen LogP contribution in [-0.4, -0.2) is 14.9 Å². The molecular weight excluding hydrogens is 445 g/mol. The van der Waals surface area contributed by atoms with E-state index in [-0.39, 0.29) is 5.82 Å². The van der Waals surface area contributed by atoms with Crippen LogP contribution < -0.4 is 0 Å². The summed E-state index contributed by atoms with van der Waals surface area (Å²) in [7, 11) is 0. The molecule has 3 aromatic carbocycles. The van der Waals surface area contributed by atoms with E-state index in [2.05, 4.69) is 21.1 Å². The largest absolute Gasteiger partial charge is 0.356 e. The highest BCUT2D eigenvalue weighted by molar-refractivity contribution is 9.10. The summed E-state index contributed by atoms with van der Waals surface area (Å²) in [6, 6.07) is 25.8. The van der Waals surface area contributed by atoms with Crippen LogP contribution in [0.3, 0.4) is 0 Å². The third-order valence-corrected chi connectivity index (χ3v) is 5.30. The molecule has 5 aromatic rings. The first kappa shape index (κ1) is 18.5. The van der Waals surface area contributed by atoms with E-state index in [9.17, 15) is 4.39 Å². The lowest BCUT2D eigenvalue weighted by Gasteiger charge is -2.00. The van der Waals surface area contributed by atoms with E-state index in [1.807, 2.05) is 66.9 Å². The summed E-state index contributed by atoms with van der Waals surface area (Å²) >= 11 is 3.44. The molecule has 0 radical (unpaired) electrons. The van der Waals surface area contributed by atoms with Crippen LogP contribution in [0.5, 0.6) is 0 Å². The van der Waals surface area contributed by atoms with Gasteiger partial charge >= 0.3 is 0 Å². The number of rotatable bonds is 4. The molecule has 0 aliphatic heterocycles. The summed E-state index contributed by atoms with van der Waals surface area (Å²) < 4.78 is 21.9. The maximum atomic E-state index is 13.5. The van der Waals surface area contributed by atoms with Crippen LogP contribution in [0.25, 0.3) is 39.5 Å². The lowest BCUT2D eigenvalue weighted by Crippen LogP contribution is -1.94. The van der Waals surface area contributed by atoms with Crippen LogP contribution in [0.4, 0.5) is 4.39 Å². The summed E-state index contributed by atoms with van der Waals surface area (Å²) in [5.41, 5.74) is 4.82. The minimum atomic E-state index is -0.290. The van der Waals surface area contributed by atoms with E-state index in [1.54, 1.807) is 16.8 Å². The Morgan fingerprint density at radius 1 is 0.833 bits per heavy atom. The van der Waals surface area contributed by atoms with E-state index in [4.69, 9.17) is 9.62 Å². The molecule has 0 N–H and O–H groups in total. The first-order valence-corrected chi connectivity index (χ1v) is 10.1. The Hall–Kier alpha value is -3.51. The van der Waals surface area contributed by atoms with Gasteiger partial charge in [-0.3, -0.25) is 0 Å². The van der Waals surface area contributed by atoms with Crippen LogP contribution >= 0.6 is 15.9 Å². The normalized spacial score (nSPS) is 11.0. The molecule has 30 heavy (non-hydrogen) atoms. The molecule has 2 heterocycles. The average molecular weight is 460 g/mol. The molecule has 0 atom stereocenters. The number of aromatic nitrogens is 3. The Morgan fingerprint density at radius 3 is 2.27 bits per heavy atom. The van der Waals surface area contributed by atoms with E-state index in [0.717, 1.165) is 26.9 Å². The predicted molar refractivity (Wildman–Crippen MR) is 118 cm³/mol. The van der Waals surface area contributed by atoms with Gasteiger partial charge in [-0.05, 0) is 48.5 Å². The van der Waals surface area contributed by atoms with Crippen LogP contribution in [0.2, 0.25) is 0 Å². The van der Waals surface area contributed by atoms with E-state index in [1.165, 1.54) is 12.1 Å². The van der Waals surface area contributed by atoms with Gasteiger partial charge in [-0.25, -0.2) is 9.07 Å². The van der Waals surface area contributed by atoms with Gasteiger partial charge in [0.25, 0.3) is 0 Å². The fourth-order valence-corrected chi connectivity index (χ4v) is 3.51. The summed E-state index contributed by atoms with van der Waals surface area (Å²) in [6.07, 6.45) is 1.91. The first-order valence-electron chi connectivity index (χ1n) is 9.31. The maximum absolute atomic E-state index is 13.5.